The Balaban J connectivity index is 1.65. The van der Waals surface area contributed by atoms with Crippen molar-refractivity contribution in [3.63, 3.8) is 0 Å². The molecule has 1 aliphatic heterocycles. The molecule has 5 nitrogen and oxygen atoms in total. The first kappa shape index (κ1) is 17.2. The highest BCUT2D eigenvalue weighted by atomic mass is 35.5. The van der Waals surface area contributed by atoms with Crippen LogP contribution < -0.4 is 5.32 Å². The first-order valence-corrected chi connectivity index (χ1v) is 9.72. The second-order valence-electron chi connectivity index (χ2n) is 7.35. The Kier molecular flexibility index (Phi) is 4.05. The lowest BCUT2D eigenvalue weighted by atomic mass is 9.75. The Morgan fingerprint density at radius 1 is 1.11 bits per heavy atom. The molecule has 28 heavy (non-hydrogen) atoms. The van der Waals surface area contributed by atoms with E-state index in [4.69, 9.17) is 11.6 Å². The van der Waals surface area contributed by atoms with Gasteiger partial charge in [0.2, 0.25) is 5.95 Å². The number of Topliss-reactive ketones (excluding diaryl/α,β-unsaturated/α-hetero) is 1. The van der Waals surface area contributed by atoms with Gasteiger partial charge in [-0.25, -0.2) is 4.68 Å². The van der Waals surface area contributed by atoms with E-state index >= 15 is 0 Å². The molecule has 1 aliphatic carbocycles. The number of nitrogens with one attached hydrogen (secondary N) is 1. The molecule has 5 rings (SSSR count). The molecule has 0 spiro atoms. The minimum atomic E-state index is -0.352. The van der Waals surface area contributed by atoms with E-state index < -0.39 is 0 Å². The molecule has 0 unspecified atom stereocenters. The molecule has 0 bridgehead atoms. The summed E-state index contributed by atoms with van der Waals surface area (Å²) in [4.78, 5) is 17.7. The van der Waals surface area contributed by atoms with E-state index in [0.29, 0.717) is 17.4 Å². The van der Waals surface area contributed by atoms with Gasteiger partial charge in [-0.3, -0.25) is 4.79 Å². The van der Waals surface area contributed by atoms with Crippen LogP contribution in [0.15, 0.2) is 66.6 Å². The average Bonchev–Trinajstić information content (AvgIpc) is 3.15. The Labute approximate surface area is 168 Å². The third-order valence-corrected chi connectivity index (χ3v) is 6.05. The summed E-state index contributed by atoms with van der Waals surface area (Å²) >= 11 is 6.50. The molecular formula is C22H19ClN4O. The van der Waals surface area contributed by atoms with Crippen molar-refractivity contribution in [2.24, 2.45) is 5.92 Å². The number of rotatable bonds is 2. The first-order chi connectivity index (χ1) is 13.6. The minimum absolute atomic E-state index is 0.0498. The summed E-state index contributed by atoms with van der Waals surface area (Å²) in [6.07, 6.45) is 4.15. The highest BCUT2D eigenvalue weighted by Gasteiger charge is 2.43. The van der Waals surface area contributed by atoms with Crippen molar-refractivity contribution in [3.05, 3.63) is 88.3 Å². The van der Waals surface area contributed by atoms with E-state index in [2.05, 4.69) is 40.5 Å². The Bertz CT molecular complexity index is 1100. The predicted octanol–water partition coefficient (Wildman–Crippen LogP) is 4.51. The maximum Gasteiger partial charge on any atom is 0.226 e. The van der Waals surface area contributed by atoms with Gasteiger partial charge in [-0.05, 0) is 29.7 Å². The summed E-state index contributed by atoms with van der Waals surface area (Å²) in [7, 11) is 0. The number of hydrogen-bond donors (Lipinski definition) is 1. The number of nitrogens with zero attached hydrogens (tertiary/aromatic N) is 3. The van der Waals surface area contributed by atoms with E-state index in [1.54, 1.807) is 4.68 Å². The zero-order valence-corrected chi connectivity index (χ0v) is 16.1. The van der Waals surface area contributed by atoms with Crippen LogP contribution in [0.4, 0.5) is 5.95 Å². The fourth-order valence-corrected chi connectivity index (χ4v) is 4.65. The number of carbonyl (C=O) groups is 1. The summed E-state index contributed by atoms with van der Waals surface area (Å²) in [5.74, 6) is 0.512. The van der Waals surface area contributed by atoms with Gasteiger partial charge in [-0.2, -0.15) is 10.1 Å². The van der Waals surface area contributed by atoms with Crippen molar-refractivity contribution in [2.45, 2.75) is 25.3 Å². The van der Waals surface area contributed by atoms with Gasteiger partial charge in [0.1, 0.15) is 12.1 Å². The number of ketones is 1. The van der Waals surface area contributed by atoms with Gasteiger partial charge in [-0.1, -0.05) is 60.1 Å². The van der Waals surface area contributed by atoms with Crippen LogP contribution in [0.25, 0.3) is 0 Å². The number of fused-ring (bicyclic) bond motifs is 2. The standard InChI is InChI=1S/C22H19ClN4O/c1-13-6-2-3-7-15(13)14-10-18-20(19(28)11-14)21(16-8-4-5-9-17(16)23)27-22(26-18)24-12-25-27/h2-10,12,14,20-21H,11H2,1H3,(H,24,25,26)/t14-,20-,21-/m0/s1. The number of halogens is 1. The maximum absolute atomic E-state index is 13.4. The van der Waals surface area contributed by atoms with Crippen molar-refractivity contribution in [1.29, 1.82) is 0 Å². The number of hydrogen-bond acceptors (Lipinski definition) is 4. The Morgan fingerprint density at radius 2 is 1.86 bits per heavy atom. The zero-order chi connectivity index (χ0) is 19.3. The van der Waals surface area contributed by atoms with Gasteiger partial charge in [0.05, 0.1) is 12.0 Å². The van der Waals surface area contributed by atoms with Crippen LogP contribution >= 0.6 is 11.6 Å². The van der Waals surface area contributed by atoms with Gasteiger partial charge in [-0.15, -0.1) is 0 Å². The lowest BCUT2D eigenvalue weighted by Crippen LogP contribution is -2.40. The minimum Gasteiger partial charge on any atom is -0.328 e. The summed E-state index contributed by atoms with van der Waals surface area (Å²) in [6.45, 7) is 2.09. The van der Waals surface area contributed by atoms with Crippen LogP contribution in [0.2, 0.25) is 5.02 Å². The second-order valence-corrected chi connectivity index (χ2v) is 7.76. The van der Waals surface area contributed by atoms with E-state index in [-0.39, 0.29) is 23.7 Å². The summed E-state index contributed by atoms with van der Waals surface area (Å²) in [5, 5.41) is 8.34. The van der Waals surface area contributed by atoms with Crippen molar-refractivity contribution < 1.29 is 4.79 Å². The SMILES string of the molecule is Cc1ccccc1[C@H]1C=C2Nc3ncnn3[C@@H](c3ccccc3Cl)[C@@H]2C(=O)C1. The Morgan fingerprint density at radius 3 is 2.64 bits per heavy atom. The van der Waals surface area contributed by atoms with Crippen molar-refractivity contribution in [2.75, 3.05) is 5.32 Å². The topological polar surface area (TPSA) is 59.8 Å². The lowest BCUT2D eigenvalue weighted by molar-refractivity contribution is -0.123. The van der Waals surface area contributed by atoms with Crippen LogP contribution in [0.5, 0.6) is 0 Å². The fourth-order valence-electron chi connectivity index (χ4n) is 4.40. The molecule has 0 amide bonds. The smallest absolute Gasteiger partial charge is 0.226 e. The molecule has 3 atom stereocenters. The molecule has 6 heteroatoms. The first-order valence-electron chi connectivity index (χ1n) is 9.34. The van der Waals surface area contributed by atoms with E-state index in [9.17, 15) is 4.79 Å². The molecule has 2 heterocycles. The Hall–Kier alpha value is -2.92. The normalized spacial score (nSPS) is 23.4. The van der Waals surface area contributed by atoms with Crippen molar-refractivity contribution in [1.82, 2.24) is 14.8 Å². The van der Waals surface area contributed by atoms with Crippen molar-refractivity contribution in [3.8, 4) is 0 Å². The van der Waals surface area contributed by atoms with Gasteiger partial charge in [0.25, 0.3) is 0 Å². The third kappa shape index (κ3) is 2.66. The van der Waals surface area contributed by atoms with E-state index in [0.717, 1.165) is 11.3 Å². The largest absolute Gasteiger partial charge is 0.328 e. The van der Waals surface area contributed by atoms with E-state index in [1.807, 2.05) is 36.4 Å². The van der Waals surface area contributed by atoms with Crippen LogP contribution in [-0.2, 0) is 4.79 Å². The molecule has 140 valence electrons. The van der Waals surface area contributed by atoms with Gasteiger partial charge < -0.3 is 5.32 Å². The molecule has 0 saturated heterocycles. The van der Waals surface area contributed by atoms with Crippen molar-refractivity contribution >= 4 is 23.3 Å². The van der Waals surface area contributed by atoms with Gasteiger partial charge in [0.15, 0.2) is 0 Å². The third-order valence-electron chi connectivity index (χ3n) is 5.70. The second kappa shape index (κ2) is 6.60. The summed E-state index contributed by atoms with van der Waals surface area (Å²) < 4.78 is 1.77. The molecule has 2 aliphatic rings. The number of aryl methyl sites for hydroxylation is 1. The van der Waals surface area contributed by atoms with Crippen LogP contribution in [0.1, 0.15) is 35.1 Å². The average molecular weight is 391 g/mol. The van der Waals surface area contributed by atoms with Crippen LogP contribution in [0, 0.1) is 12.8 Å². The molecule has 3 aromatic rings. The molecule has 0 fully saturated rings. The predicted molar refractivity (Wildman–Crippen MR) is 108 cm³/mol. The lowest BCUT2D eigenvalue weighted by Gasteiger charge is -2.38. The quantitative estimate of drug-likeness (QED) is 0.699. The van der Waals surface area contributed by atoms with Crippen LogP contribution in [-0.4, -0.2) is 20.5 Å². The van der Waals surface area contributed by atoms with Gasteiger partial charge >= 0.3 is 0 Å². The number of allylic oxidation sites excluding steroid dienone is 2. The molecule has 1 aromatic heterocycles. The molecule has 1 N–H and O–H groups in total. The molecule has 0 saturated carbocycles. The summed E-state index contributed by atoms with van der Waals surface area (Å²) in [6, 6.07) is 15.6. The zero-order valence-electron chi connectivity index (χ0n) is 15.3. The number of carbonyl (C=O) groups excluding carboxylic acids is 1. The molecular weight excluding hydrogens is 372 g/mol. The van der Waals surface area contributed by atoms with Crippen LogP contribution in [0.3, 0.4) is 0 Å². The summed E-state index contributed by atoms with van der Waals surface area (Å²) in [5.41, 5.74) is 4.15. The highest BCUT2D eigenvalue weighted by molar-refractivity contribution is 6.31. The van der Waals surface area contributed by atoms with E-state index in [1.165, 1.54) is 17.5 Å². The monoisotopic (exact) mass is 390 g/mol. The number of benzene rings is 2. The number of aromatic nitrogens is 3. The fraction of sp³-hybridized carbons (Fsp3) is 0.227. The molecule has 0 radical (unpaired) electrons. The maximum atomic E-state index is 13.4. The highest BCUT2D eigenvalue weighted by Crippen LogP contribution is 2.45. The molecule has 2 aromatic carbocycles. The van der Waals surface area contributed by atoms with Gasteiger partial charge in [0, 0.05) is 23.1 Å². The number of anilines is 1.